The largest absolute Gasteiger partial charge is 0.573 e. The van der Waals surface area contributed by atoms with Crippen LogP contribution in [0.1, 0.15) is 36.0 Å². The summed E-state index contributed by atoms with van der Waals surface area (Å²) in [7, 11) is -4.20. The predicted octanol–water partition coefficient (Wildman–Crippen LogP) is 6.79. The summed E-state index contributed by atoms with van der Waals surface area (Å²) in [5.41, 5.74) is 8.32. The van der Waals surface area contributed by atoms with E-state index in [9.17, 15) is 30.8 Å². The van der Waals surface area contributed by atoms with Crippen LogP contribution in [-0.4, -0.2) is 56.2 Å². The third-order valence-electron chi connectivity index (χ3n) is 8.75. The smallest absolute Gasteiger partial charge is 0.406 e. The van der Waals surface area contributed by atoms with Crippen LogP contribution >= 0.6 is 11.6 Å². The van der Waals surface area contributed by atoms with Gasteiger partial charge in [0.2, 0.25) is 15.9 Å². The molecule has 4 atom stereocenters. The second kappa shape index (κ2) is 16.1. The van der Waals surface area contributed by atoms with E-state index < -0.39 is 63.7 Å². The van der Waals surface area contributed by atoms with Gasteiger partial charge in [-0.1, -0.05) is 41.9 Å². The molecule has 1 heterocycles. The van der Waals surface area contributed by atoms with Crippen LogP contribution in [0.4, 0.5) is 27.6 Å². The van der Waals surface area contributed by atoms with Crippen LogP contribution in [0.2, 0.25) is 5.02 Å². The number of nitrogens with one attached hydrogen (secondary N) is 2. The van der Waals surface area contributed by atoms with Crippen molar-refractivity contribution in [1.29, 1.82) is 0 Å². The van der Waals surface area contributed by atoms with Crippen molar-refractivity contribution in [1.82, 2.24) is 9.62 Å². The first-order chi connectivity index (χ1) is 24.1. The molecule has 1 aliphatic heterocycles. The molecule has 15 heteroatoms. The molecule has 0 aliphatic carbocycles. The highest BCUT2D eigenvalue weighted by Crippen LogP contribution is 2.31. The molecule has 5 rings (SSSR count). The summed E-state index contributed by atoms with van der Waals surface area (Å²) in [5, 5.41) is 6.43. The van der Waals surface area contributed by atoms with Gasteiger partial charge in [0, 0.05) is 47.4 Å². The van der Waals surface area contributed by atoms with Gasteiger partial charge in [-0.15, -0.1) is 13.2 Å². The van der Waals surface area contributed by atoms with Gasteiger partial charge in [-0.25, -0.2) is 17.2 Å². The van der Waals surface area contributed by atoms with E-state index in [1.54, 1.807) is 43.3 Å². The topological polar surface area (TPSA) is 114 Å². The Morgan fingerprint density at radius 3 is 2.31 bits per heavy atom. The molecule has 8 nitrogen and oxygen atoms in total. The number of carbonyl (C=O) groups excluding carboxylic acids is 1. The first-order valence-corrected chi connectivity index (χ1v) is 17.9. The molecule has 0 radical (unpaired) electrons. The summed E-state index contributed by atoms with van der Waals surface area (Å²) < 4.78 is 99.6. The molecule has 0 spiro atoms. The van der Waals surface area contributed by atoms with Crippen molar-refractivity contribution < 1.29 is 39.9 Å². The average Bonchev–Trinajstić information content (AvgIpc) is 3.07. The molecule has 0 unspecified atom stereocenters. The maximum absolute atomic E-state index is 15.4. The van der Waals surface area contributed by atoms with Crippen LogP contribution in [0.3, 0.4) is 0 Å². The van der Waals surface area contributed by atoms with E-state index in [0.717, 1.165) is 29.8 Å². The Morgan fingerprint density at radius 2 is 1.67 bits per heavy atom. The minimum atomic E-state index is -4.93. The Bertz CT molecular complexity index is 1910. The summed E-state index contributed by atoms with van der Waals surface area (Å²) in [6.45, 7) is 2.24. The van der Waals surface area contributed by atoms with Crippen LogP contribution in [0.25, 0.3) is 0 Å². The molecule has 4 aromatic carbocycles. The lowest BCUT2D eigenvalue weighted by Gasteiger charge is -2.40. The number of hydrogen-bond acceptors (Lipinski definition) is 6. The number of rotatable bonds is 12. The zero-order chi connectivity index (χ0) is 36.9. The van der Waals surface area contributed by atoms with Gasteiger partial charge in [0.15, 0.2) is 0 Å². The van der Waals surface area contributed by atoms with Crippen LogP contribution in [0, 0.1) is 11.6 Å². The van der Waals surface area contributed by atoms with Crippen molar-refractivity contribution >= 4 is 33.2 Å². The zero-order valence-electron chi connectivity index (χ0n) is 27.3. The quantitative estimate of drug-likeness (QED) is 0.138. The average molecular weight is 751 g/mol. The van der Waals surface area contributed by atoms with E-state index in [1.807, 2.05) is 0 Å². The molecule has 1 saturated heterocycles. The third kappa shape index (κ3) is 9.63. The normalized spacial score (nSPS) is 18.2. The zero-order valence-corrected chi connectivity index (χ0v) is 28.9. The van der Waals surface area contributed by atoms with Crippen LogP contribution in [0.15, 0.2) is 95.9 Å². The number of carbonyl (C=O) groups is 1. The second-order valence-electron chi connectivity index (χ2n) is 12.3. The molecule has 0 bridgehead atoms. The standard InChI is InChI=1S/C36H36ClF5N4O4S/c1-22-20-44-21-27(46(22)51(48,49)29-16-14-28(15-17-29)50-36(40,41)42)13-18-30-32(39)3-2-4-33(30)45-35(47)34(43)31(24-7-9-25(37)10-8-24)19-23-5-11-26(38)12-6-23/h2-12,14-17,22,27,31,34,44H,13,18-21,43H2,1H3,(H,45,47)/t22-,27-,31-,34-/m0/s1. The van der Waals surface area contributed by atoms with E-state index in [-0.39, 0.29) is 35.5 Å². The molecule has 0 saturated carbocycles. The van der Waals surface area contributed by atoms with Gasteiger partial charge in [-0.3, -0.25) is 4.79 Å². The molecule has 1 fully saturated rings. The molecule has 4 aromatic rings. The van der Waals surface area contributed by atoms with Crippen LogP contribution in [-0.2, 0) is 27.7 Å². The maximum atomic E-state index is 15.4. The first kappa shape index (κ1) is 38.2. The van der Waals surface area contributed by atoms with Gasteiger partial charge in [-0.2, -0.15) is 4.31 Å². The monoisotopic (exact) mass is 750 g/mol. The van der Waals surface area contributed by atoms with E-state index in [4.69, 9.17) is 17.3 Å². The van der Waals surface area contributed by atoms with Gasteiger partial charge < -0.3 is 21.1 Å². The summed E-state index contributed by atoms with van der Waals surface area (Å²) >= 11 is 6.09. The summed E-state index contributed by atoms with van der Waals surface area (Å²) in [4.78, 5) is 13.5. The van der Waals surface area contributed by atoms with Gasteiger partial charge >= 0.3 is 6.36 Å². The second-order valence-corrected chi connectivity index (χ2v) is 14.6. The highest BCUT2D eigenvalue weighted by Gasteiger charge is 2.38. The minimum absolute atomic E-state index is 0.0250. The SMILES string of the molecule is C[C@H]1CNC[C@H](CCc2c(F)cccc2NC(=O)[C@@H](N)[C@@H](Cc2ccc(F)cc2)c2ccc(Cl)cc2)N1S(=O)(=O)c1ccc(OC(F)(F)F)cc1. The highest BCUT2D eigenvalue weighted by atomic mass is 35.5. The molecule has 272 valence electrons. The Balaban J connectivity index is 1.34. The van der Waals surface area contributed by atoms with E-state index in [0.29, 0.717) is 23.6 Å². The van der Waals surface area contributed by atoms with Crippen molar-refractivity contribution in [3.05, 3.63) is 124 Å². The van der Waals surface area contributed by atoms with Gasteiger partial charge in [0.25, 0.3) is 0 Å². The number of amides is 1. The number of benzene rings is 4. The van der Waals surface area contributed by atoms with Crippen LogP contribution in [0.5, 0.6) is 5.75 Å². The number of ether oxygens (including phenoxy) is 1. The molecule has 1 amide bonds. The highest BCUT2D eigenvalue weighted by molar-refractivity contribution is 7.89. The van der Waals surface area contributed by atoms with Crippen molar-refractivity contribution in [2.45, 2.75) is 61.5 Å². The lowest BCUT2D eigenvalue weighted by atomic mass is 9.85. The van der Waals surface area contributed by atoms with E-state index in [2.05, 4.69) is 15.4 Å². The third-order valence-corrected chi connectivity index (χ3v) is 11.1. The van der Waals surface area contributed by atoms with Crippen molar-refractivity contribution in [2.24, 2.45) is 5.73 Å². The fraction of sp³-hybridized carbons (Fsp3) is 0.306. The Morgan fingerprint density at radius 1 is 1.00 bits per heavy atom. The fourth-order valence-electron chi connectivity index (χ4n) is 6.27. The minimum Gasteiger partial charge on any atom is -0.406 e. The van der Waals surface area contributed by atoms with Gasteiger partial charge in [0.1, 0.15) is 17.4 Å². The number of nitrogens with two attached hydrogens (primary N) is 1. The van der Waals surface area contributed by atoms with Crippen molar-refractivity contribution in [3.63, 3.8) is 0 Å². The lowest BCUT2D eigenvalue weighted by Crippen LogP contribution is -2.58. The fourth-order valence-corrected chi connectivity index (χ4v) is 8.24. The number of anilines is 1. The summed E-state index contributed by atoms with van der Waals surface area (Å²) in [6, 6.07) is 18.5. The molecule has 51 heavy (non-hydrogen) atoms. The van der Waals surface area contributed by atoms with Crippen molar-refractivity contribution in [2.75, 3.05) is 18.4 Å². The van der Waals surface area contributed by atoms with E-state index >= 15 is 4.39 Å². The van der Waals surface area contributed by atoms with E-state index in [1.165, 1.54) is 34.6 Å². The predicted molar refractivity (Wildman–Crippen MR) is 184 cm³/mol. The first-order valence-electron chi connectivity index (χ1n) is 16.1. The number of hydrogen-bond donors (Lipinski definition) is 3. The van der Waals surface area contributed by atoms with Crippen LogP contribution < -0.4 is 21.1 Å². The molecule has 0 aromatic heterocycles. The Labute approximate surface area is 297 Å². The summed E-state index contributed by atoms with van der Waals surface area (Å²) in [6.07, 6.45) is -4.48. The summed E-state index contributed by atoms with van der Waals surface area (Å²) in [5.74, 6) is -2.75. The molecular weight excluding hydrogens is 715 g/mol. The number of sulfonamides is 1. The number of alkyl halides is 3. The van der Waals surface area contributed by atoms with Crippen molar-refractivity contribution in [3.8, 4) is 5.75 Å². The Kier molecular flexibility index (Phi) is 12.0. The number of piperazine rings is 1. The van der Waals surface area contributed by atoms with Gasteiger partial charge in [0.05, 0.1) is 10.9 Å². The Hall–Kier alpha value is -4.08. The number of nitrogens with zero attached hydrogens (tertiary/aromatic N) is 1. The molecule has 4 N–H and O–H groups in total. The molecular formula is C36H36ClF5N4O4S. The number of halogens is 6. The van der Waals surface area contributed by atoms with Gasteiger partial charge in [-0.05, 0) is 98.0 Å². The maximum Gasteiger partial charge on any atom is 0.573 e. The molecule has 1 aliphatic rings. The lowest BCUT2D eigenvalue weighted by molar-refractivity contribution is -0.274.